The Morgan fingerprint density at radius 1 is 1.26 bits per heavy atom. The molecule has 0 fully saturated rings. The number of ether oxygens (including phenoxy) is 2. The van der Waals surface area contributed by atoms with Gasteiger partial charge in [0.1, 0.15) is 17.3 Å². The molecule has 31 heavy (non-hydrogen) atoms. The van der Waals surface area contributed by atoms with Crippen LogP contribution in [0.4, 0.5) is 5.82 Å². The van der Waals surface area contributed by atoms with Crippen LogP contribution in [0.2, 0.25) is 0 Å². The molecule has 2 aromatic heterocycles. The Morgan fingerprint density at radius 2 is 2.10 bits per heavy atom. The lowest BCUT2D eigenvalue weighted by Crippen LogP contribution is -2.25. The number of carbonyl (C=O) groups excluding carboxylic acids is 1. The molecule has 2 aromatic carbocycles. The lowest BCUT2D eigenvalue weighted by molar-refractivity contribution is -0.116. The maximum atomic E-state index is 12.7. The van der Waals surface area contributed by atoms with E-state index in [9.17, 15) is 4.79 Å². The van der Waals surface area contributed by atoms with Crippen LogP contribution < -0.4 is 14.8 Å². The average Bonchev–Trinajstić information content (AvgIpc) is 3.34. The van der Waals surface area contributed by atoms with Gasteiger partial charge in [0, 0.05) is 23.5 Å². The zero-order chi connectivity index (χ0) is 21.5. The van der Waals surface area contributed by atoms with E-state index in [4.69, 9.17) is 19.6 Å². The molecule has 3 heterocycles. The Morgan fingerprint density at radius 3 is 2.90 bits per heavy atom. The number of amides is 1. The van der Waals surface area contributed by atoms with Crippen LogP contribution in [0, 0.1) is 6.92 Å². The Balaban J connectivity index is 1.65. The average molecular weight is 435 g/mol. The molecular weight excluding hydrogens is 412 g/mol. The van der Waals surface area contributed by atoms with Crippen LogP contribution >= 0.6 is 11.3 Å². The van der Waals surface area contributed by atoms with Crippen LogP contribution in [0.5, 0.6) is 11.5 Å². The fourth-order valence-electron chi connectivity index (χ4n) is 4.12. The minimum Gasteiger partial charge on any atom is -0.497 e. The van der Waals surface area contributed by atoms with Crippen molar-refractivity contribution in [3.8, 4) is 16.6 Å². The molecule has 0 saturated heterocycles. The molecule has 1 aliphatic heterocycles. The van der Waals surface area contributed by atoms with Gasteiger partial charge < -0.3 is 14.8 Å². The normalized spacial score (nSPS) is 15.6. The highest BCUT2D eigenvalue weighted by Gasteiger charge is 2.34. The highest BCUT2D eigenvalue weighted by molar-refractivity contribution is 7.20. The van der Waals surface area contributed by atoms with Crippen molar-refractivity contribution in [2.45, 2.75) is 26.2 Å². The van der Waals surface area contributed by atoms with Crippen molar-refractivity contribution in [1.82, 2.24) is 14.8 Å². The third-order valence-electron chi connectivity index (χ3n) is 5.46. The molecule has 1 amide bonds. The SMILES string of the molecule is CCOc1ccccc1[C@H]1CC(=O)Nc2c1c(C)nn2-c1nc2ccc(OC)cc2s1. The lowest BCUT2D eigenvalue weighted by atomic mass is 9.85. The van der Waals surface area contributed by atoms with Crippen molar-refractivity contribution in [1.29, 1.82) is 0 Å². The van der Waals surface area contributed by atoms with Gasteiger partial charge >= 0.3 is 0 Å². The van der Waals surface area contributed by atoms with Gasteiger partial charge in [-0.05, 0) is 38.1 Å². The molecule has 0 spiro atoms. The van der Waals surface area contributed by atoms with Gasteiger partial charge in [-0.2, -0.15) is 9.78 Å². The third kappa shape index (κ3) is 3.33. The summed E-state index contributed by atoms with van der Waals surface area (Å²) in [4.78, 5) is 17.4. The standard InChI is InChI=1S/C23H22N4O3S/c1-4-30-18-8-6-5-7-15(18)16-12-20(28)25-22-21(16)13(2)26-27(22)23-24-17-10-9-14(29-3)11-19(17)31-23/h5-11,16H,4,12H2,1-3H3,(H,25,28)/t16-/m1/s1. The summed E-state index contributed by atoms with van der Waals surface area (Å²) in [7, 11) is 1.64. The zero-order valence-electron chi connectivity index (χ0n) is 17.5. The quantitative estimate of drug-likeness (QED) is 0.494. The summed E-state index contributed by atoms with van der Waals surface area (Å²) in [6, 6.07) is 13.7. The third-order valence-corrected chi connectivity index (χ3v) is 6.46. The molecule has 7 nitrogen and oxygen atoms in total. The minimum absolute atomic E-state index is 0.0484. The summed E-state index contributed by atoms with van der Waals surface area (Å²) in [5, 5.41) is 8.49. The summed E-state index contributed by atoms with van der Waals surface area (Å²) < 4.78 is 13.9. The fourth-order valence-corrected chi connectivity index (χ4v) is 5.07. The Labute approximate surface area is 183 Å². The summed E-state index contributed by atoms with van der Waals surface area (Å²) in [5.74, 6) is 2.08. The second-order valence-electron chi connectivity index (χ2n) is 7.37. The Kier molecular flexibility index (Phi) is 4.86. The van der Waals surface area contributed by atoms with Crippen LogP contribution in [0.15, 0.2) is 42.5 Å². The maximum absolute atomic E-state index is 12.7. The van der Waals surface area contributed by atoms with Crippen molar-refractivity contribution in [3.63, 3.8) is 0 Å². The Hall–Kier alpha value is -3.39. The van der Waals surface area contributed by atoms with Gasteiger partial charge in [-0.3, -0.25) is 4.79 Å². The number of fused-ring (bicyclic) bond motifs is 2. The number of aromatic nitrogens is 3. The molecule has 1 N–H and O–H groups in total. The highest BCUT2D eigenvalue weighted by Crippen LogP contribution is 2.43. The van der Waals surface area contributed by atoms with E-state index in [-0.39, 0.29) is 11.8 Å². The number of thiazole rings is 1. The zero-order valence-corrected chi connectivity index (χ0v) is 18.3. The van der Waals surface area contributed by atoms with Gasteiger partial charge in [0.2, 0.25) is 11.0 Å². The molecule has 0 radical (unpaired) electrons. The number of methoxy groups -OCH3 is 1. The van der Waals surface area contributed by atoms with E-state index in [1.54, 1.807) is 11.8 Å². The number of benzene rings is 2. The molecular formula is C23H22N4O3S. The fraction of sp³-hybridized carbons (Fsp3) is 0.261. The first-order valence-corrected chi connectivity index (χ1v) is 11.0. The number of nitrogens with zero attached hydrogens (tertiary/aromatic N) is 3. The van der Waals surface area contributed by atoms with Crippen LogP contribution in [0.3, 0.4) is 0 Å². The topological polar surface area (TPSA) is 78.3 Å². The monoisotopic (exact) mass is 434 g/mol. The molecule has 4 aromatic rings. The van der Waals surface area contributed by atoms with Crippen molar-refractivity contribution < 1.29 is 14.3 Å². The van der Waals surface area contributed by atoms with Crippen LogP contribution in [-0.2, 0) is 4.79 Å². The summed E-state index contributed by atoms with van der Waals surface area (Å²) >= 11 is 1.51. The van der Waals surface area contributed by atoms with E-state index in [0.29, 0.717) is 24.0 Å². The minimum atomic E-state index is -0.130. The largest absolute Gasteiger partial charge is 0.497 e. The lowest BCUT2D eigenvalue weighted by Gasteiger charge is -2.25. The van der Waals surface area contributed by atoms with Gasteiger partial charge in [0.25, 0.3) is 0 Å². The predicted molar refractivity (Wildman–Crippen MR) is 121 cm³/mol. The molecule has 8 heteroatoms. The van der Waals surface area contributed by atoms with Crippen LogP contribution in [0.1, 0.15) is 36.1 Å². The molecule has 0 unspecified atom stereocenters. The molecule has 0 saturated carbocycles. The molecule has 0 aliphatic carbocycles. The van der Waals surface area contributed by atoms with Crippen LogP contribution in [0.25, 0.3) is 15.3 Å². The maximum Gasteiger partial charge on any atom is 0.226 e. The second-order valence-corrected chi connectivity index (χ2v) is 8.37. The molecule has 1 atom stereocenters. The van der Waals surface area contributed by atoms with E-state index < -0.39 is 0 Å². The smallest absolute Gasteiger partial charge is 0.226 e. The molecule has 1 aliphatic rings. The number of anilines is 1. The van der Waals surface area contributed by atoms with Gasteiger partial charge in [-0.15, -0.1) is 0 Å². The molecule has 0 bridgehead atoms. The Bertz CT molecular complexity index is 1290. The summed E-state index contributed by atoms with van der Waals surface area (Å²) in [6.07, 6.45) is 0.348. The number of carbonyl (C=O) groups is 1. The van der Waals surface area contributed by atoms with E-state index in [1.165, 1.54) is 11.3 Å². The first-order valence-electron chi connectivity index (χ1n) is 10.1. The van der Waals surface area contributed by atoms with E-state index in [1.807, 2.05) is 56.3 Å². The van der Waals surface area contributed by atoms with Gasteiger partial charge in [-0.25, -0.2) is 4.98 Å². The number of rotatable bonds is 5. The van der Waals surface area contributed by atoms with Gasteiger partial charge in [0.05, 0.1) is 29.6 Å². The van der Waals surface area contributed by atoms with E-state index >= 15 is 0 Å². The number of hydrogen-bond donors (Lipinski definition) is 1. The van der Waals surface area contributed by atoms with Crippen LogP contribution in [-0.4, -0.2) is 34.4 Å². The van der Waals surface area contributed by atoms with Crippen molar-refractivity contribution in [3.05, 3.63) is 59.3 Å². The highest BCUT2D eigenvalue weighted by atomic mass is 32.1. The number of nitrogens with one attached hydrogen (secondary N) is 1. The van der Waals surface area contributed by atoms with Crippen molar-refractivity contribution >= 4 is 33.3 Å². The summed E-state index contributed by atoms with van der Waals surface area (Å²) in [5.41, 5.74) is 3.73. The number of hydrogen-bond acceptors (Lipinski definition) is 6. The van der Waals surface area contributed by atoms with Gasteiger partial charge in [0.15, 0.2) is 0 Å². The van der Waals surface area contributed by atoms with Crippen molar-refractivity contribution in [2.24, 2.45) is 0 Å². The number of aryl methyl sites for hydroxylation is 1. The first kappa shape index (κ1) is 19.6. The molecule has 5 rings (SSSR count). The molecule has 158 valence electrons. The first-order chi connectivity index (χ1) is 15.1. The van der Waals surface area contributed by atoms with E-state index in [2.05, 4.69) is 5.32 Å². The van der Waals surface area contributed by atoms with E-state index in [0.717, 1.165) is 38.5 Å². The predicted octanol–water partition coefficient (Wildman–Crippen LogP) is 4.67. The summed E-state index contributed by atoms with van der Waals surface area (Å²) in [6.45, 7) is 4.50. The number of para-hydroxylation sites is 1. The van der Waals surface area contributed by atoms with Gasteiger partial charge in [-0.1, -0.05) is 29.5 Å². The second kappa shape index (κ2) is 7.70. The van der Waals surface area contributed by atoms with Crippen molar-refractivity contribution in [2.75, 3.05) is 19.0 Å².